The van der Waals surface area contributed by atoms with Gasteiger partial charge in [0.25, 0.3) is 0 Å². The lowest BCUT2D eigenvalue weighted by Gasteiger charge is -2.07. The monoisotopic (exact) mass is 211 g/mol. The predicted molar refractivity (Wildman–Crippen MR) is 60.6 cm³/mol. The first-order valence-electron chi connectivity index (χ1n) is 5.65. The zero-order valence-electron chi connectivity index (χ0n) is 9.56. The second-order valence-corrected chi connectivity index (χ2v) is 4.12. The summed E-state index contributed by atoms with van der Waals surface area (Å²) in [5.41, 5.74) is 0.974. The molecule has 0 saturated carbocycles. The first-order chi connectivity index (χ1) is 7.13. The third kappa shape index (κ3) is 4.06. The van der Waals surface area contributed by atoms with E-state index >= 15 is 0 Å². The van der Waals surface area contributed by atoms with Crippen LogP contribution in [0.15, 0.2) is 18.5 Å². The number of nitrogens with zero attached hydrogens (tertiary/aromatic N) is 1. The Balaban J connectivity index is 2.48. The van der Waals surface area contributed by atoms with Crippen LogP contribution in [0, 0.1) is 0 Å². The Morgan fingerprint density at radius 1 is 1.33 bits per heavy atom. The molecule has 15 heavy (non-hydrogen) atoms. The fraction of sp³-hybridized carbons (Fsp3) is 0.667. The van der Waals surface area contributed by atoms with Crippen molar-refractivity contribution in [1.82, 2.24) is 4.57 Å². The van der Waals surface area contributed by atoms with Gasteiger partial charge >= 0.3 is 0 Å². The summed E-state index contributed by atoms with van der Waals surface area (Å²) in [7, 11) is 0. The number of aromatic nitrogens is 1. The smallest absolute Gasteiger partial charge is 0.0804 e. The summed E-state index contributed by atoms with van der Waals surface area (Å²) in [6.07, 6.45) is 5.84. The Bertz CT molecular complexity index is 281. The molecule has 0 radical (unpaired) electrons. The maximum atomic E-state index is 9.75. The molecule has 2 atom stereocenters. The molecule has 0 aliphatic rings. The minimum absolute atomic E-state index is 0.267. The highest BCUT2D eigenvalue weighted by Crippen LogP contribution is 2.18. The molecule has 0 saturated heterocycles. The SMILES string of the molecule is CCCC(O)c1ccn(CCC(C)O)c1. The molecule has 0 amide bonds. The number of hydrogen-bond acceptors (Lipinski definition) is 2. The van der Waals surface area contributed by atoms with Gasteiger partial charge in [-0.2, -0.15) is 0 Å². The van der Waals surface area contributed by atoms with Crippen LogP contribution in [0.5, 0.6) is 0 Å². The van der Waals surface area contributed by atoms with E-state index in [1.165, 1.54) is 0 Å². The van der Waals surface area contributed by atoms with E-state index in [0.29, 0.717) is 0 Å². The van der Waals surface area contributed by atoms with Gasteiger partial charge in [0.2, 0.25) is 0 Å². The van der Waals surface area contributed by atoms with Crippen LogP contribution in [0.4, 0.5) is 0 Å². The number of aryl methyl sites for hydroxylation is 1. The quantitative estimate of drug-likeness (QED) is 0.757. The fourth-order valence-corrected chi connectivity index (χ4v) is 1.57. The highest BCUT2D eigenvalue weighted by Gasteiger charge is 2.07. The Morgan fingerprint density at radius 3 is 2.67 bits per heavy atom. The average molecular weight is 211 g/mol. The van der Waals surface area contributed by atoms with Crippen LogP contribution in [0.25, 0.3) is 0 Å². The summed E-state index contributed by atoms with van der Waals surface area (Å²) >= 11 is 0. The highest BCUT2D eigenvalue weighted by molar-refractivity contribution is 5.13. The van der Waals surface area contributed by atoms with Crippen molar-refractivity contribution in [3.63, 3.8) is 0 Å². The van der Waals surface area contributed by atoms with E-state index < -0.39 is 0 Å². The predicted octanol–water partition coefficient (Wildman–Crippen LogP) is 2.09. The van der Waals surface area contributed by atoms with Crippen molar-refractivity contribution in [2.45, 2.75) is 51.9 Å². The van der Waals surface area contributed by atoms with Crippen molar-refractivity contribution >= 4 is 0 Å². The third-order valence-electron chi connectivity index (χ3n) is 2.53. The molecule has 86 valence electrons. The molecular formula is C12H21NO2. The molecule has 0 spiro atoms. The summed E-state index contributed by atoms with van der Waals surface area (Å²) < 4.78 is 2.01. The molecule has 1 aromatic rings. The van der Waals surface area contributed by atoms with Gasteiger partial charge < -0.3 is 14.8 Å². The maximum absolute atomic E-state index is 9.75. The second-order valence-electron chi connectivity index (χ2n) is 4.12. The van der Waals surface area contributed by atoms with E-state index in [1.54, 1.807) is 6.92 Å². The van der Waals surface area contributed by atoms with E-state index in [1.807, 2.05) is 23.0 Å². The van der Waals surface area contributed by atoms with Crippen molar-refractivity contribution in [2.75, 3.05) is 0 Å². The summed E-state index contributed by atoms with van der Waals surface area (Å²) in [4.78, 5) is 0. The molecule has 0 fully saturated rings. The van der Waals surface area contributed by atoms with Crippen molar-refractivity contribution in [3.8, 4) is 0 Å². The minimum Gasteiger partial charge on any atom is -0.393 e. The van der Waals surface area contributed by atoms with Gasteiger partial charge in [-0.05, 0) is 31.4 Å². The van der Waals surface area contributed by atoms with Crippen LogP contribution >= 0.6 is 0 Å². The number of aliphatic hydroxyl groups is 2. The molecule has 3 nitrogen and oxygen atoms in total. The van der Waals surface area contributed by atoms with E-state index in [2.05, 4.69) is 6.92 Å². The van der Waals surface area contributed by atoms with E-state index in [-0.39, 0.29) is 12.2 Å². The van der Waals surface area contributed by atoms with Gasteiger partial charge in [0.05, 0.1) is 12.2 Å². The zero-order chi connectivity index (χ0) is 11.3. The van der Waals surface area contributed by atoms with E-state index in [9.17, 15) is 5.11 Å². The Labute approximate surface area is 91.4 Å². The van der Waals surface area contributed by atoms with Crippen LogP contribution in [0.2, 0.25) is 0 Å². The van der Waals surface area contributed by atoms with Gasteiger partial charge in [0.1, 0.15) is 0 Å². The Morgan fingerprint density at radius 2 is 2.07 bits per heavy atom. The molecule has 1 rings (SSSR count). The molecule has 2 unspecified atom stereocenters. The molecule has 3 heteroatoms. The number of aliphatic hydroxyl groups excluding tert-OH is 2. The molecule has 1 aromatic heterocycles. The maximum Gasteiger partial charge on any atom is 0.0804 e. The van der Waals surface area contributed by atoms with Crippen LogP contribution in [0.3, 0.4) is 0 Å². The zero-order valence-corrected chi connectivity index (χ0v) is 9.56. The van der Waals surface area contributed by atoms with Gasteiger partial charge in [-0.15, -0.1) is 0 Å². The topological polar surface area (TPSA) is 45.4 Å². The number of hydrogen-bond donors (Lipinski definition) is 2. The lowest BCUT2D eigenvalue weighted by atomic mass is 10.1. The van der Waals surface area contributed by atoms with Crippen molar-refractivity contribution in [3.05, 3.63) is 24.0 Å². The molecular weight excluding hydrogens is 190 g/mol. The first kappa shape index (κ1) is 12.3. The standard InChI is InChI=1S/C12H21NO2/c1-3-4-12(15)11-6-8-13(9-11)7-5-10(2)14/h6,8-10,12,14-15H,3-5,7H2,1-2H3. The molecule has 0 bridgehead atoms. The molecule has 0 aliphatic heterocycles. The van der Waals surface area contributed by atoms with Crippen molar-refractivity contribution in [1.29, 1.82) is 0 Å². The normalized spacial score (nSPS) is 15.2. The molecule has 2 N–H and O–H groups in total. The minimum atomic E-state index is -0.345. The van der Waals surface area contributed by atoms with Gasteiger partial charge in [0.15, 0.2) is 0 Å². The second kappa shape index (κ2) is 5.93. The Hall–Kier alpha value is -0.800. The average Bonchev–Trinajstić information content (AvgIpc) is 2.63. The van der Waals surface area contributed by atoms with Crippen LogP contribution in [-0.4, -0.2) is 20.9 Å². The van der Waals surface area contributed by atoms with E-state index in [4.69, 9.17) is 5.11 Å². The largest absolute Gasteiger partial charge is 0.393 e. The first-order valence-corrected chi connectivity index (χ1v) is 5.65. The van der Waals surface area contributed by atoms with Crippen LogP contribution in [0.1, 0.15) is 44.8 Å². The lowest BCUT2D eigenvalue weighted by Crippen LogP contribution is -2.05. The molecule has 1 heterocycles. The number of rotatable bonds is 6. The van der Waals surface area contributed by atoms with Gasteiger partial charge in [-0.3, -0.25) is 0 Å². The van der Waals surface area contributed by atoms with Crippen molar-refractivity contribution < 1.29 is 10.2 Å². The third-order valence-corrected chi connectivity index (χ3v) is 2.53. The van der Waals surface area contributed by atoms with Gasteiger partial charge in [-0.1, -0.05) is 13.3 Å². The molecule has 0 aromatic carbocycles. The van der Waals surface area contributed by atoms with Crippen LogP contribution < -0.4 is 0 Å². The summed E-state index contributed by atoms with van der Waals surface area (Å²) in [5.74, 6) is 0. The summed E-state index contributed by atoms with van der Waals surface area (Å²) in [6.45, 7) is 4.65. The summed E-state index contributed by atoms with van der Waals surface area (Å²) in [5, 5.41) is 18.9. The Kier molecular flexibility index (Phi) is 4.85. The van der Waals surface area contributed by atoms with Gasteiger partial charge in [0, 0.05) is 18.9 Å². The fourth-order valence-electron chi connectivity index (χ4n) is 1.57. The van der Waals surface area contributed by atoms with Crippen LogP contribution in [-0.2, 0) is 6.54 Å². The van der Waals surface area contributed by atoms with Crippen molar-refractivity contribution in [2.24, 2.45) is 0 Å². The van der Waals surface area contributed by atoms with E-state index in [0.717, 1.165) is 31.4 Å². The lowest BCUT2D eigenvalue weighted by molar-refractivity contribution is 0.166. The van der Waals surface area contributed by atoms with Gasteiger partial charge in [-0.25, -0.2) is 0 Å². The summed E-state index contributed by atoms with van der Waals surface area (Å²) in [6, 6.07) is 1.95. The highest BCUT2D eigenvalue weighted by atomic mass is 16.3. The molecule has 0 aliphatic carbocycles.